The van der Waals surface area contributed by atoms with Crippen molar-refractivity contribution in [3.63, 3.8) is 0 Å². The molecule has 0 unspecified atom stereocenters. The van der Waals surface area contributed by atoms with Gasteiger partial charge in [0.25, 0.3) is 0 Å². The first-order chi connectivity index (χ1) is 8.88. The molecule has 0 aliphatic carbocycles. The number of nitrogens with one attached hydrogen (secondary N) is 1. The molecule has 0 saturated heterocycles. The van der Waals surface area contributed by atoms with Crippen LogP contribution in [0.1, 0.15) is 31.9 Å². The third kappa shape index (κ3) is 4.56. The van der Waals surface area contributed by atoms with Gasteiger partial charge in [-0.25, -0.2) is 0 Å². The fraction of sp³-hybridized carbons (Fsp3) is 0.533. The van der Waals surface area contributed by atoms with Crippen molar-refractivity contribution in [2.45, 2.75) is 32.7 Å². The van der Waals surface area contributed by atoms with E-state index in [1.54, 1.807) is 7.11 Å². The average molecular weight is 265 g/mol. The van der Waals surface area contributed by atoms with Gasteiger partial charge < -0.3 is 14.8 Å². The molecule has 0 spiro atoms. The first-order valence-corrected chi connectivity index (χ1v) is 6.33. The van der Waals surface area contributed by atoms with Gasteiger partial charge in [-0.15, -0.1) is 0 Å². The number of hydrogen-bond acceptors (Lipinski definition) is 4. The zero-order valence-corrected chi connectivity index (χ0v) is 12.4. The fourth-order valence-corrected chi connectivity index (χ4v) is 1.75. The molecule has 1 N–H and O–H groups in total. The Bertz CT molecular complexity index is 436. The van der Waals surface area contributed by atoms with Crippen molar-refractivity contribution in [1.29, 1.82) is 0 Å². The number of ether oxygens (including phenoxy) is 2. The van der Waals surface area contributed by atoms with Crippen molar-refractivity contribution in [2.75, 3.05) is 20.8 Å². The topological polar surface area (TPSA) is 47.6 Å². The summed E-state index contributed by atoms with van der Waals surface area (Å²) in [4.78, 5) is 11.1. The Morgan fingerprint density at radius 2 is 1.95 bits per heavy atom. The molecule has 0 aliphatic heterocycles. The lowest BCUT2D eigenvalue weighted by Gasteiger charge is -2.21. The Hall–Kier alpha value is -1.55. The van der Waals surface area contributed by atoms with Gasteiger partial charge >= 0.3 is 5.97 Å². The number of rotatable bonds is 5. The lowest BCUT2D eigenvalue weighted by atomic mass is 9.86. The van der Waals surface area contributed by atoms with Crippen molar-refractivity contribution >= 4 is 5.97 Å². The van der Waals surface area contributed by atoms with Gasteiger partial charge in [-0.3, -0.25) is 4.79 Å². The Morgan fingerprint density at radius 3 is 2.47 bits per heavy atom. The molecule has 0 fully saturated rings. The van der Waals surface area contributed by atoms with Crippen LogP contribution in [-0.2, 0) is 21.5 Å². The number of hydrogen-bond donors (Lipinski definition) is 1. The Morgan fingerprint density at radius 1 is 1.26 bits per heavy atom. The maximum atomic E-state index is 11.1. The van der Waals surface area contributed by atoms with Gasteiger partial charge in [0.15, 0.2) is 0 Å². The van der Waals surface area contributed by atoms with E-state index in [1.165, 1.54) is 12.7 Å². The van der Waals surface area contributed by atoms with Crippen LogP contribution in [0.3, 0.4) is 0 Å². The highest BCUT2D eigenvalue weighted by Gasteiger charge is 2.15. The van der Waals surface area contributed by atoms with Crippen LogP contribution in [0.15, 0.2) is 18.2 Å². The zero-order valence-electron chi connectivity index (χ0n) is 12.4. The zero-order chi connectivity index (χ0) is 14.5. The van der Waals surface area contributed by atoms with Crippen molar-refractivity contribution in [3.8, 4) is 5.75 Å². The summed E-state index contributed by atoms with van der Waals surface area (Å²) in [5.41, 5.74) is 2.37. The van der Waals surface area contributed by atoms with Crippen LogP contribution in [0.25, 0.3) is 0 Å². The molecule has 0 heterocycles. The molecule has 0 bridgehead atoms. The molecular weight excluding hydrogens is 242 g/mol. The average Bonchev–Trinajstić information content (AvgIpc) is 2.37. The minimum absolute atomic E-state index is 0.0867. The summed E-state index contributed by atoms with van der Waals surface area (Å²) < 4.78 is 9.93. The minimum atomic E-state index is -0.272. The van der Waals surface area contributed by atoms with Crippen LogP contribution in [0.4, 0.5) is 0 Å². The summed E-state index contributed by atoms with van der Waals surface area (Å²) in [5.74, 6) is 0.552. The van der Waals surface area contributed by atoms with Crippen molar-refractivity contribution in [2.24, 2.45) is 0 Å². The molecule has 1 rings (SSSR count). The van der Waals surface area contributed by atoms with Gasteiger partial charge in [-0.05, 0) is 17.0 Å². The number of carbonyl (C=O) groups excluding carboxylic acids is 1. The van der Waals surface area contributed by atoms with Crippen LogP contribution < -0.4 is 10.1 Å². The standard InChI is InChI=1S/C15H23NO3/c1-15(2,3)12-6-7-13(18-4)11(8-12)9-16-10-14(17)19-5/h6-8,16H,9-10H2,1-5H3. The van der Waals surface area contributed by atoms with Crippen LogP contribution in [0.5, 0.6) is 5.75 Å². The maximum Gasteiger partial charge on any atom is 0.319 e. The van der Waals surface area contributed by atoms with E-state index in [2.05, 4.69) is 43.0 Å². The summed E-state index contributed by atoms with van der Waals surface area (Å²) in [7, 11) is 3.03. The molecule has 4 heteroatoms. The summed E-state index contributed by atoms with van der Waals surface area (Å²) in [6.45, 7) is 7.27. The second-order valence-electron chi connectivity index (χ2n) is 5.46. The Labute approximate surface area is 115 Å². The fourth-order valence-electron chi connectivity index (χ4n) is 1.75. The highest BCUT2D eigenvalue weighted by molar-refractivity contribution is 5.71. The Balaban J connectivity index is 2.82. The third-order valence-corrected chi connectivity index (χ3v) is 2.96. The summed E-state index contributed by atoms with van der Waals surface area (Å²) >= 11 is 0. The smallest absolute Gasteiger partial charge is 0.319 e. The second-order valence-corrected chi connectivity index (χ2v) is 5.46. The molecule has 0 aromatic heterocycles. The first kappa shape index (κ1) is 15.5. The van der Waals surface area contributed by atoms with Crippen LogP contribution >= 0.6 is 0 Å². The molecule has 106 valence electrons. The lowest BCUT2D eigenvalue weighted by Crippen LogP contribution is -2.24. The highest BCUT2D eigenvalue weighted by Crippen LogP contribution is 2.27. The van der Waals surface area contributed by atoms with E-state index >= 15 is 0 Å². The summed E-state index contributed by atoms with van der Waals surface area (Å²) in [6, 6.07) is 6.15. The van der Waals surface area contributed by atoms with Gasteiger partial charge in [0, 0.05) is 12.1 Å². The quantitative estimate of drug-likeness (QED) is 0.830. The molecule has 0 atom stereocenters. The monoisotopic (exact) mass is 265 g/mol. The third-order valence-electron chi connectivity index (χ3n) is 2.96. The van der Waals surface area contributed by atoms with E-state index < -0.39 is 0 Å². The molecule has 0 saturated carbocycles. The SMILES string of the molecule is COC(=O)CNCc1cc(C(C)(C)C)ccc1OC. The van der Waals surface area contributed by atoms with Crippen molar-refractivity contribution in [1.82, 2.24) is 5.32 Å². The lowest BCUT2D eigenvalue weighted by molar-refractivity contribution is -0.139. The highest BCUT2D eigenvalue weighted by atomic mass is 16.5. The van der Waals surface area contributed by atoms with Gasteiger partial charge in [0.05, 0.1) is 20.8 Å². The predicted octanol–water partition coefficient (Wildman–Crippen LogP) is 2.26. The first-order valence-electron chi connectivity index (χ1n) is 6.33. The molecule has 1 aromatic rings. The predicted molar refractivity (Wildman–Crippen MR) is 75.4 cm³/mol. The van der Waals surface area contributed by atoms with Crippen LogP contribution in [0.2, 0.25) is 0 Å². The molecule has 1 aromatic carbocycles. The largest absolute Gasteiger partial charge is 0.496 e. The molecular formula is C15H23NO3. The summed E-state index contributed by atoms with van der Waals surface area (Å²) in [6.07, 6.45) is 0. The second kappa shape index (κ2) is 6.57. The van der Waals surface area contributed by atoms with E-state index in [4.69, 9.17) is 4.74 Å². The molecule has 0 radical (unpaired) electrons. The number of methoxy groups -OCH3 is 2. The normalized spacial score (nSPS) is 11.2. The Kier molecular flexibility index (Phi) is 5.36. The van der Waals surface area contributed by atoms with E-state index in [9.17, 15) is 4.79 Å². The van der Waals surface area contributed by atoms with Crippen molar-refractivity contribution in [3.05, 3.63) is 29.3 Å². The summed E-state index contributed by atoms with van der Waals surface area (Å²) in [5, 5.41) is 3.05. The van der Waals surface area contributed by atoms with Gasteiger partial charge in [0.1, 0.15) is 5.75 Å². The maximum absolute atomic E-state index is 11.1. The van der Waals surface area contributed by atoms with Gasteiger partial charge in [-0.1, -0.05) is 32.9 Å². The minimum Gasteiger partial charge on any atom is -0.496 e. The van der Waals surface area contributed by atoms with E-state index in [0.717, 1.165) is 11.3 Å². The number of benzene rings is 1. The van der Waals surface area contributed by atoms with E-state index in [-0.39, 0.29) is 17.9 Å². The van der Waals surface area contributed by atoms with Crippen LogP contribution in [-0.4, -0.2) is 26.7 Å². The van der Waals surface area contributed by atoms with Gasteiger partial charge in [-0.2, -0.15) is 0 Å². The number of esters is 1. The molecule has 4 nitrogen and oxygen atoms in total. The molecule has 19 heavy (non-hydrogen) atoms. The van der Waals surface area contributed by atoms with Gasteiger partial charge in [0.2, 0.25) is 0 Å². The van der Waals surface area contributed by atoms with Crippen LogP contribution in [0, 0.1) is 0 Å². The molecule has 0 amide bonds. The molecule has 0 aliphatic rings. The number of carbonyl (C=O) groups is 1. The van der Waals surface area contributed by atoms with Crippen molar-refractivity contribution < 1.29 is 14.3 Å². The van der Waals surface area contributed by atoms with E-state index in [1.807, 2.05) is 6.07 Å². The van der Waals surface area contributed by atoms with E-state index in [0.29, 0.717) is 6.54 Å².